The number of amides is 2. The molecule has 0 aromatic heterocycles. The van der Waals surface area contributed by atoms with Crippen LogP contribution in [0.2, 0.25) is 0 Å². The molecule has 4 nitrogen and oxygen atoms in total. The van der Waals surface area contributed by atoms with Gasteiger partial charge in [-0.3, -0.25) is 9.59 Å². The Morgan fingerprint density at radius 2 is 1.88 bits per heavy atom. The number of hydrogen-bond acceptors (Lipinski definition) is 4. The summed E-state index contributed by atoms with van der Waals surface area (Å²) in [6.45, 7) is 3.19. The number of fused-ring (bicyclic) bond motifs is 1. The number of hydrogen-bond donors (Lipinski definition) is 1. The summed E-state index contributed by atoms with van der Waals surface area (Å²) in [6.07, 6.45) is 9.20. The summed E-state index contributed by atoms with van der Waals surface area (Å²) in [6, 6.07) is 16.0. The minimum Gasteiger partial charge on any atom is -0.352 e. The molecule has 1 aliphatic carbocycles. The standard InChI is InChI=1S/C27H32N2O2S2/c1-20-10-5-6-11-21(20)19-29-23-14-7-8-15-24(23)33-25(27(29)31)18-26(30)28-16-9-17-32-22-12-3-2-4-13-22/h5-8,10-11,14-15,18,22H,2-4,9,12-13,16-17,19H2,1H3,(H,28,30). The molecule has 0 unspecified atom stereocenters. The van der Waals surface area contributed by atoms with Gasteiger partial charge in [0.05, 0.1) is 17.1 Å². The molecule has 4 rings (SSSR count). The van der Waals surface area contributed by atoms with Crippen molar-refractivity contribution in [2.75, 3.05) is 17.2 Å². The summed E-state index contributed by atoms with van der Waals surface area (Å²) in [4.78, 5) is 29.2. The van der Waals surface area contributed by atoms with Gasteiger partial charge in [-0.05, 0) is 55.2 Å². The number of aryl methyl sites for hydroxylation is 1. The SMILES string of the molecule is Cc1ccccc1CN1C(=O)C(=CC(=O)NCCCSC2CCCCC2)Sc2ccccc21. The van der Waals surface area contributed by atoms with E-state index in [1.165, 1.54) is 49.9 Å². The topological polar surface area (TPSA) is 49.4 Å². The van der Waals surface area contributed by atoms with Gasteiger partial charge in [-0.2, -0.15) is 11.8 Å². The first-order chi connectivity index (χ1) is 16.1. The molecule has 1 saturated carbocycles. The normalized spacial score (nSPS) is 17.8. The molecular weight excluding hydrogens is 448 g/mol. The molecule has 0 bridgehead atoms. The molecule has 0 saturated heterocycles. The molecule has 33 heavy (non-hydrogen) atoms. The third kappa shape index (κ3) is 6.45. The van der Waals surface area contributed by atoms with Crippen molar-refractivity contribution in [3.05, 3.63) is 70.6 Å². The third-order valence-electron chi connectivity index (χ3n) is 6.21. The molecule has 2 amide bonds. The van der Waals surface area contributed by atoms with Gasteiger partial charge >= 0.3 is 0 Å². The molecule has 2 aliphatic rings. The minimum atomic E-state index is -0.191. The van der Waals surface area contributed by atoms with Crippen LogP contribution in [0.1, 0.15) is 49.7 Å². The van der Waals surface area contributed by atoms with Gasteiger partial charge < -0.3 is 10.2 Å². The summed E-state index contributed by atoms with van der Waals surface area (Å²) >= 11 is 3.43. The zero-order chi connectivity index (χ0) is 23.0. The first-order valence-corrected chi connectivity index (χ1v) is 13.7. The van der Waals surface area contributed by atoms with Crippen LogP contribution in [0, 0.1) is 6.92 Å². The monoisotopic (exact) mass is 480 g/mol. The average Bonchev–Trinajstić information content (AvgIpc) is 2.83. The van der Waals surface area contributed by atoms with E-state index in [9.17, 15) is 9.59 Å². The Hall–Kier alpha value is -2.18. The van der Waals surface area contributed by atoms with Gasteiger partial charge in [0.25, 0.3) is 5.91 Å². The van der Waals surface area contributed by atoms with E-state index in [0.717, 1.165) is 39.1 Å². The van der Waals surface area contributed by atoms with Crippen molar-refractivity contribution in [3.63, 3.8) is 0 Å². The minimum absolute atomic E-state index is 0.120. The van der Waals surface area contributed by atoms with Gasteiger partial charge in [0.1, 0.15) is 0 Å². The highest BCUT2D eigenvalue weighted by Crippen LogP contribution is 2.42. The van der Waals surface area contributed by atoms with Gasteiger partial charge in [-0.15, -0.1) is 0 Å². The second-order valence-corrected chi connectivity index (χ2v) is 11.2. The maximum Gasteiger partial charge on any atom is 0.265 e. The highest BCUT2D eigenvalue weighted by molar-refractivity contribution is 8.04. The molecule has 2 aromatic rings. The molecule has 2 aromatic carbocycles. The molecule has 1 fully saturated rings. The van der Waals surface area contributed by atoms with Crippen molar-refractivity contribution >= 4 is 41.0 Å². The Morgan fingerprint density at radius 3 is 2.70 bits per heavy atom. The molecular formula is C27H32N2O2S2. The number of nitrogens with zero attached hydrogens (tertiary/aromatic N) is 1. The van der Waals surface area contributed by atoms with Crippen LogP contribution in [0.15, 0.2) is 64.4 Å². The lowest BCUT2D eigenvalue weighted by molar-refractivity contribution is -0.118. The maximum atomic E-state index is 13.3. The predicted octanol–water partition coefficient (Wildman–Crippen LogP) is 6.09. The molecule has 174 valence electrons. The van der Waals surface area contributed by atoms with Crippen LogP contribution in [-0.4, -0.2) is 29.4 Å². The number of nitrogens with one attached hydrogen (secondary N) is 1. The van der Waals surface area contributed by atoms with E-state index in [0.29, 0.717) is 18.0 Å². The van der Waals surface area contributed by atoms with Gasteiger partial charge in [0.15, 0.2) is 0 Å². The van der Waals surface area contributed by atoms with Crippen LogP contribution >= 0.6 is 23.5 Å². The van der Waals surface area contributed by atoms with E-state index in [1.807, 2.05) is 48.2 Å². The molecule has 0 radical (unpaired) electrons. The fourth-order valence-electron chi connectivity index (χ4n) is 4.31. The molecule has 1 heterocycles. The van der Waals surface area contributed by atoms with Crippen LogP contribution in [0.4, 0.5) is 5.69 Å². The highest BCUT2D eigenvalue weighted by Gasteiger charge is 2.29. The van der Waals surface area contributed by atoms with Gasteiger partial charge in [-0.25, -0.2) is 0 Å². The van der Waals surface area contributed by atoms with Crippen LogP contribution in [0.25, 0.3) is 0 Å². The van der Waals surface area contributed by atoms with E-state index < -0.39 is 0 Å². The highest BCUT2D eigenvalue weighted by atomic mass is 32.2. The first-order valence-electron chi connectivity index (χ1n) is 11.9. The quantitative estimate of drug-likeness (QED) is 0.367. The van der Waals surface area contributed by atoms with Crippen LogP contribution in [0.5, 0.6) is 0 Å². The van der Waals surface area contributed by atoms with E-state index in [1.54, 1.807) is 4.90 Å². The van der Waals surface area contributed by atoms with Crippen LogP contribution < -0.4 is 10.2 Å². The second kappa shape index (κ2) is 11.8. The van der Waals surface area contributed by atoms with Crippen molar-refractivity contribution in [2.45, 2.75) is 62.1 Å². The first kappa shape index (κ1) is 24.0. The molecule has 6 heteroatoms. The summed E-state index contributed by atoms with van der Waals surface area (Å²) in [5.41, 5.74) is 3.15. The fraction of sp³-hybridized carbons (Fsp3) is 0.407. The van der Waals surface area contributed by atoms with Crippen LogP contribution in [0.3, 0.4) is 0 Å². The number of rotatable bonds is 8. The summed E-state index contributed by atoms with van der Waals surface area (Å²) in [5.74, 6) is 0.765. The average molecular weight is 481 g/mol. The van der Waals surface area contributed by atoms with Gasteiger partial charge in [0.2, 0.25) is 5.91 Å². The zero-order valence-electron chi connectivity index (χ0n) is 19.2. The third-order valence-corrected chi connectivity index (χ3v) is 8.75. The Morgan fingerprint density at radius 1 is 1.12 bits per heavy atom. The molecule has 1 N–H and O–H groups in total. The lowest BCUT2D eigenvalue weighted by Gasteiger charge is -2.30. The number of carbonyl (C=O) groups excluding carboxylic acids is 2. The van der Waals surface area contributed by atoms with Crippen molar-refractivity contribution in [3.8, 4) is 0 Å². The van der Waals surface area contributed by atoms with Crippen molar-refractivity contribution < 1.29 is 9.59 Å². The summed E-state index contributed by atoms with van der Waals surface area (Å²) < 4.78 is 0. The predicted molar refractivity (Wildman–Crippen MR) is 140 cm³/mol. The van der Waals surface area contributed by atoms with Crippen molar-refractivity contribution in [1.29, 1.82) is 0 Å². The Kier molecular flexibility index (Phi) is 8.57. The van der Waals surface area contributed by atoms with Gasteiger partial charge in [0, 0.05) is 22.8 Å². The lowest BCUT2D eigenvalue weighted by Crippen LogP contribution is -2.35. The Labute approximate surface area is 205 Å². The maximum absolute atomic E-state index is 13.3. The summed E-state index contributed by atoms with van der Waals surface area (Å²) in [5, 5.41) is 3.77. The van der Waals surface area contributed by atoms with Crippen molar-refractivity contribution in [1.82, 2.24) is 5.32 Å². The van der Waals surface area contributed by atoms with E-state index in [4.69, 9.17) is 0 Å². The second-order valence-electron chi connectivity index (χ2n) is 8.67. The number of para-hydroxylation sites is 1. The molecule has 1 aliphatic heterocycles. The number of thioether (sulfide) groups is 2. The Balaban J connectivity index is 1.37. The molecule has 0 spiro atoms. The van der Waals surface area contributed by atoms with Crippen LogP contribution in [-0.2, 0) is 16.1 Å². The smallest absolute Gasteiger partial charge is 0.265 e. The van der Waals surface area contributed by atoms with Crippen molar-refractivity contribution in [2.24, 2.45) is 0 Å². The summed E-state index contributed by atoms with van der Waals surface area (Å²) in [7, 11) is 0. The zero-order valence-corrected chi connectivity index (χ0v) is 20.9. The molecule has 0 atom stereocenters. The van der Waals surface area contributed by atoms with E-state index in [2.05, 4.69) is 24.4 Å². The number of benzene rings is 2. The number of anilines is 1. The fourth-order valence-corrected chi connectivity index (χ4v) is 6.65. The van der Waals surface area contributed by atoms with E-state index in [-0.39, 0.29) is 11.8 Å². The Bertz CT molecular complexity index is 1010. The number of carbonyl (C=O) groups is 2. The lowest BCUT2D eigenvalue weighted by atomic mass is 10.0. The largest absolute Gasteiger partial charge is 0.352 e. The van der Waals surface area contributed by atoms with Gasteiger partial charge in [-0.1, -0.05) is 67.4 Å². The van der Waals surface area contributed by atoms with E-state index >= 15 is 0 Å².